The molecule has 0 aliphatic carbocycles. The van der Waals surface area contributed by atoms with Crippen molar-refractivity contribution < 1.29 is 19.4 Å². The number of cyclic esters (lactones) is 1. The van der Waals surface area contributed by atoms with E-state index < -0.39 is 18.1 Å². The quantitative estimate of drug-likeness (QED) is 0.901. The first kappa shape index (κ1) is 17.0. The summed E-state index contributed by atoms with van der Waals surface area (Å²) in [6.07, 6.45) is 1.01. The molecular formula is C17H21ClN2O4. The van der Waals surface area contributed by atoms with E-state index in [-0.39, 0.29) is 12.6 Å². The molecule has 0 aromatic heterocycles. The lowest BCUT2D eigenvalue weighted by atomic mass is 10.0. The number of rotatable bonds is 4. The number of carboxylic acid groups (broad SMARTS) is 1. The fraction of sp³-hybridized carbons (Fsp3) is 0.529. The van der Waals surface area contributed by atoms with Crippen molar-refractivity contribution in [3.63, 3.8) is 0 Å². The van der Waals surface area contributed by atoms with E-state index in [4.69, 9.17) is 16.3 Å². The maximum Gasteiger partial charge on any atom is 0.410 e. The highest BCUT2D eigenvalue weighted by atomic mass is 35.5. The maximum atomic E-state index is 11.8. The number of benzene rings is 1. The van der Waals surface area contributed by atoms with Gasteiger partial charge in [-0.2, -0.15) is 0 Å². The zero-order valence-corrected chi connectivity index (χ0v) is 14.3. The van der Waals surface area contributed by atoms with Crippen molar-refractivity contribution in [2.24, 2.45) is 0 Å². The largest absolute Gasteiger partial charge is 0.480 e. The van der Waals surface area contributed by atoms with Gasteiger partial charge in [-0.05, 0) is 37.0 Å². The monoisotopic (exact) mass is 352 g/mol. The van der Waals surface area contributed by atoms with Crippen LogP contribution in [0, 0.1) is 6.92 Å². The van der Waals surface area contributed by atoms with Crippen LogP contribution in [0.25, 0.3) is 0 Å². The summed E-state index contributed by atoms with van der Waals surface area (Å²) in [5.41, 5.74) is 2.27. The summed E-state index contributed by atoms with van der Waals surface area (Å²) >= 11 is 6.06. The molecule has 130 valence electrons. The molecule has 1 aromatic rings. The van der Waals surface area contributed by atoms with Crippen molar-refractivity contribution in [1.29, 1.82) is 0 Å². The van der Waals surface area contributed by atoms with Crippen LogP contribution in [0.4, 0.5) is 4.79 Å². The Morgan fingerprint density at radius 2 is 2.08 bits per heavy atom. The number of likely N-dealkylation sites (tertiary alicyclic amines) is 1. The molecule has 2 fully saturated rings. The number of carbonyl (C=O) groups excluding carboxylic acids is 1. The third kappa shape index (κ3) is 3.49. The highest BCUT2D eigenvalue weighted by Gasteiger charge is 2.43. The van der Waals surface area contributed by atoms with Gasteiger partial charge in [0.15, 0.2) is 6.04 Å². The predicted molar refractivity (Wildman–Crippen MR) is 89.1 cm³/mol. The molecule has 0 radical (unpaired) electrons. The summed E-state index contributed by atoms with van der Waals surface area (Å²) in [7, 11) is 0. The van der Waals surface area contributed by atoms with E-state index in [1.54, 1.807) is 0 Å². The first-order valence-electron chi connectivity index (χ1n) is 8.11. The normalized spacial score (nSPS) is 22.7. The predicted octanol–water partition coefficient (Wildman–Crippen LogP) is 2.52. The van der Waals surface area contributed by atoms with Crippen LogP contribution in [0.1, 0.15) is 24.0 Å². The number of aryl methyl sites for hydroxylation is 1. The van der Waals surface area contributed by atoms with Gasteiger partial charge in [0.2, 0.25) is 0 Å². The van der Waals surface area contributed by atoms with Crippen LogP contribution in [-0.2, 0) is 16.1 Å². The highest BCUT2D eigenvalue weighted by Crippen LogP contribution is 2.25. The molecule has 24 heavy (non-hydrogen) atoms. The molecule has 1 amide bonds. The summed E-state index contributed by atoms with van der Waals surface area (Å²) in [5, 5.41) is 10.0. The van der Waals surface area contributed by atoms with Gasteiger partial charge in [0.25, 0.3) is 0 Å². The molecule has 2 aliphatic heterocycles. The first-order chi connectivity index (χ1) is 11.5. The number of piperidine rings is 1. The average molecular weight is 353 g/mol. The Balaban J connectivity index is 1.58. The molecule has 2 aliphatic rings. The number of aliphatic carboxylic acids is 1. The number of amides is 1. The summed E-state index contributed by atoms with van der Waals surface area (Å²) in [6, 6.07) is 5.11. The van der Waals surface area contributed by atoms with Crippen LogP contribution >= 0.6 is 11.6 Å². The Labute approximate surface area is 145 Å². The number of carbonyl (C=O) groups is 2. The Bertz CT molecular complexity index is 643. The molecule has 1 N–H and O–H groups in total. The van der Waals surface area contributed by atoms with Gasteiger partial charge in [0.05, 0.1) is 0 Å². The molecule has 0 spiro atoms. The van der Waals surface area contributed by atoms with Crippen LogP contribution in [0.3, 0.4) is 0 Å². The maximum absolute atomic E-state index is 11.8. The average Bonchev–Trinajstić information content (AvgIpc) is 2.94. The van der Waals surface area contributed by atoms with Crippen LogP contribution in [-0.4, -0.2) is 58.7 Å². The van der Waals surface area contributed by atoms with Crippen molar-refractivity contribution in [2.45, 2.75) is 38.4 Å². The summed E-state index contributed by atoms with van der Waals surface area (Å²) in [6.45, 7) is 4.41. The highest BCUT2D eigenvalue weighted by molar-refractivity contribution is 6.31. The Hall–Kier alpha value is -1.79. The fourth-order valence-corrected chi connectivity index (χ4v) is 3.56. The van der Waals surface area contributed by atoms with Gasteiger partial charge < -0.3 is 9.84 Å². The lowest BCUT2D eigenvalue weighted by Crippen LogP contribution is -2.50. The molecule has 3 rings (SSSR count). The second-order valence-corrected chi connectivity index (χ2v) is 6.84. The van der Waals surface area contributed by atoms with Crippen molar-refractivity contribution in [3.8, 4) is 0 Å². The minimum atomic E-state index is -1.00. The van der Waals surface area contributed by atoms with Gasteiger partial charge in [0, 0.05) is 30.7 Å². The van der Waals surface area contributed by atoms with Crippen molar-refractivity contribution in [3.05, 3.63) is 34.3 Å². The van der Waals surface area contributed by atoms with Crippen molar-refractivity contribution >= 4 is 23.7 Å². The number of nitrogens with zero attached hydrogens (tertiary/aromatic N) is 2. The lowest BCUT2D eigenvalue weighted by Gasteiger charge is -2.37. The second-order valence-electron chi connectivity index (χ2n) is 6.43. The summed E-state index contributed by atoms with van der Waals surface area (Å²) < 4.78 is 4.92. The number of halogens is 1. The van der Waals surface area contributed by atoms with E-state index in [1.165, 1.54) is 10.5 Å². The molecule has 1 unspecified atom stereocenters. The number of hydrogen-bond acceptors (Lipinski definition) is 4. The number of carboxylic acids is 1. The summed E-state index contributed by atoms with van der Waals surface area (Å²) in [4.78, 5) is 26.8. The van der Waals surface area contributed by atoms with Gasteiger partial charge in [-0.3, -0.25) is 9.80 Å². The van der Waals surface area contributed by atoms with E-state index >= 15 is 0 Å². The van der Waals surface area contributed by atoms with Gasteiger partial charge in [-0.1, -0.05) is 23.7 Å². The number of hydrogen-bond donors (Lipinski definition) is 1. The van der Waals surface area contributed by atoms with Crippen molar-refractivity contribution in [1.82, 2.24) is 9.80 Å². The van der Waals surface area contributed by atoms with Crippen LogP contribution < -0.4 is 0 Å². The Morgan fingerprint density at radius 1 is 1.38 bits per heavy atom. The van der Waals surface area contributed by atoms with E-state index in [9.17, 15) is 14.7 Å². The molecule has 6 nitrogen and oxygen atoms in total. The fourth-order valence-electron chi connectivity index (χ4n) is 3.45. The van der Waals surface area contributed by atoms with E-state index in [2.05, 4.69) is 11.0 Å². The molecular weight excluding hydrogens is 332 g/mol. The van der Waals surface area contributed by atoms with E-state index in [0.717, 1.165) is 43.1 Å². The third-order valence-corrected chi connectivity index (χ3v) is 5.20. The van der Waals surface area contributed by atoms with Gasteiger partial charge in [-0.25, -0.2) is 9.59 Å². The van der Waals surface area contributed by atoms with Crippen LogP contribution in [0.5, 0.6) is 0 Å². The zero-order valence-electron chi connectivity index (χ0n) is 13.6. The first-order valence-corrected chi connectivity index (χ1v) is 8.49. The van der Waals surface area contributed by atoms with E-state index in [1.807, 2.05) is 19.1 Å². The molecule has 1 aromatic carbocycles. The van der Waals surface area contributed by atoms with Gasteiger partial charge in [-0.15, -0.1) is 0 Å². The van der Waals surface area contributed by atoms with E-state index in [0.29, 0.717) is 0 Å². The Morgan fingerprint density at radius 3 is 2.71 bits per heavy atom. The van der Waals surface area contributed by atoms with Gasteiger partial charge >= 0.3 is 12.1 Å². The van der Waals surface area contributed by atoms with Crippen LogP contribution in [0.15, 0.2) is 18.2 Å². The second kappa shape index (κ2) is 6.99. The molecule has 0 bridgehead atoms. The number of ether oxygens (including phenoxy) is 1. The smallest absolute Gasteiger partial charge is 0.410 e. The summed E-state index contributed by atoms with van der Waals surface area (Å²) in [5.74, 6) is -1.00. The lowest BCUT2D eigenvalue weighted by molar-refractivity contribution is -0.142. The SMILES string of the molecule is Cc1cc(CN2CCC(N3C(=O)OCC3C(=O)O)CC2)ccc1Cl. The van der Waals surface area contributed by atoms with Crippen molar-refractivity contribution in [2.75, 3.05) is 19.7 Å². The Kier molecular flexibility index (Phi) is 4.96. The zero-order chi connectivity index (χ0) is 17.3. The molecule has 2 heterocycles. The van der Waals surface area contributed by atoms with Gasteiger partial charge in [0.1, 0.15) is 6.61 Å². The molecule has 1 atom stereocenters. The minimum Gasteiger partial charge on any atom is -0.480 e. The molecule has 2 saturated heterocycles. The minimum absolute atomic E-state index is 0.0571. The topological polar surface area (TPSA) is 70.1 Å². The molecule has 0 saturated carbocycles. The standard InChI is InChI=1S/C17H21ClN2O4/c1-11-8-12(2-3-14(11)18)9-19-6-4-13(5-7-19)20-15(16(21)22)10-24-17(20)23/h2-3,8,13,15H,4-7,9-10H2,1H3,(H,21,22). The van der Waals surface area contributed by atoms with Crippen LogP contribution in [0.2, 0.25) is 5.02 Å². The molecule has 7 heteroatoms. The third-order valence-electron chi connectivity index (χ3n) is 4.78.